The van der Waals surface area contributed by atoms with Gasteiger partial charge in [0.15, 0.2) is 0 Å². The molecule has 0 aromatic carbocycles. The van der Waals surface area contributed by atoms with Gasteiger partial charge in [0.1, 0.15) is 0 Å². The Kier molecular flexibility index (Phi) is 5.46. The van der Waals surface area contributed by atoms with Crippen LogP contribution < -0.4 is 5.32 Å². The first-order valence-corrected chi connectivity index (χ1v) is 9.88. The van der Waals surface area contributed by atoms with Crippen molar-refractivity contribution in [3.8, 4) is 0 Å². The molecule has 0 spiro atoms. The summed E-state index contributed by atoms with van der Waals surface area (Å²) in [5.74, 6) is 1.20. The van der Waals surface area contributed by atoms with Gasteiger partial charge < -0.3 is 5.32 Å². The molecule has 21 heavy (non-hydrogen) atoms. The van der Waals surface area contributed by atoms with Gasteiger partial charge in [-0.1, -0.05) is 13.8 Å². The molecule has 1 heterocycles. The quantitative estimate of drug-likeness (QED) is 0.746. The minimum absolute atomic E-state index is 0.483. The van der Waals surface area contributed by atoms with Crippen molar-refractivity contribution in [1.82, 2.24) is 9.62 Å². The molecule has 1 aromatic heterocycles. The third-order valence-electron chi connectivity index (χ3n) is 4.11. The predicted molar refractivity (Wildman–Crippen MR) is 88.1 cm³/mol. The van der Waals surface area contributed by atoms with E-state index in [2.05, 4.69) is 19.2 Å². The van der Waals surface area contributed by atoms with Crippen molar-refractivity contribution in [3.05, 3.63) is 15.8 Å². The summed E-state index contributed by atoms with van der Waals surface area (Å²) in [7, 11) is -1.64. The zero-order chi connectivity index (χ0) is 15.6. The molecule has 0 aliphatic heterocycles. The number of aryl methyl sites for hydroxylation is 1. The summed E-state index contributed by atoms with van der Waals surface area (Å²) in [5, 5.41) is 3.32. The van der Waals surface area contributed by atoms with Gasteiger partial charge in [0.25, 0.3) is 0 Å². The zero-order valence-electron chi connectivity index (χ0n) is 13.3. The maximum atomic E-state index is 12.7. The monoisotopic (exact) mass is 330 g/mol. The Bertz CT molecular complexity index is 580. The minimum atomic E-state index is -3.34. The van der Waals surface area contributed by atoms with Crippen LogP contribution in [0.5, 0.6) is 0 Å². The lowest BCUT2D eigenvalue weighted by molar-refractivity contribution is 0.444. The molecule has 0 bridgehead atoms. The molecule has 1 aliphatic carbocycles. The molecule has 1 N–H and O–H groups in total. The highest BCUT2D eigenvalue weighted by Crippen LogP contribution is 2.39. The van der Waals surface area contributed by atoms with Gasteiger partial charge in [-0.25, -0.2) is 12.7 Å². The van der Waals surface area contributed by atoms with Crippen LogP contribution in [0.25, 0.3) is 0 Å². The van der Waals surface area contributed by atoms with E-state index in [1.54, 1.807) is 18.4 Å². The lowest BCUT2D eigenvalue weighted by atomic mass is 10.3. The van der Waals surface area contributed by atoms with Crippen molar-refractivity contribution in [2.24, 2.45) is 11.8 Å². The fourth-order valence-electron chi connectivity index (χ4n) is 2.51. The van der Waals surface area contributed by atoms with Crippen LogP contribution >= 0.6 is 11.3 Å². The molecule has 2 unspecified atom stereocenters. The maximum Gasteiger partial charge on any atom is 0.243 e. The van der Waals surface area contributed by atoms with E-state index in [1.807, 2.05) is 13.0 Å². The Balaban J connectivity index is 2.08. The van der Waals surface area contributed by atoms with E-state index in [0.717, 1.165) is 35.7 Å². The first-order valence-electron chi connectivity index (χ1n) is 7.62. The number of hydrogen-bond donors (Lipinski definition) is 1. The van der Waals surface area contributed by atoms with E-state index in [9.17, 15) is 8.42 Å². The second kappa shape index (κ2) is 6.77. The van der Waals surface area contributed by atoms with Gasteiger partial charge in [0.05, 0.1) is 4.90 Å². The van der Waals surface area contributed by atoms with Crippen LogP contribution in [0.1, 0.15) is 36.4 Å². The van der Waals surface area contributed by atoms with Gasteiger partial charge in [-0.15, -0.1) is 11.3 Å². The standard InChI is InChI=1S/C15H26N2O2S2/c1-5-6-16-9-14-8-15(12(3)20-14)21(18,19)17(4)10-13-7-11(13)2/h8,11,13,16H,5-7,9-10H2,1-4H3. The van der Waals surface area contributed by atoms with Crippen LogP contribution in [0.4, 0.5) is 0 Å². The Hall–Kier alpha value is -0.430. The average molecular weight is 331 g/mol. The first-order chi connectivity index (χ1) is 9.86. The largest absolute Gasteiger partial charge is 0.312 e. The first kappa shape index (κ1) is 16.9. The molecule has 0 amide bonds. The SMILES string of the molecule is CCCNCc1cc(S(=O)(=O)N(C)CC2CC2C)c(C)s1. The van der Waals surface area contributed by atoms with E-state index in [4.69, 9.17) is 0 Å². The molecule has 0 radical (unpaired) electrons. The van der Waals surface area contributed by atoms with Crippen LogP contribution in [0.2, 0.25) is 0 Å². The molecule has 120 valence electrons. The van der Waals surface area contributed by atoms with E-state index in [1.165, 1.54) is 4.31 Å². The zero-order valence-corrected chi connectivity index (χ0v) is 15.0. The Morgan fingerprint density at radius 1 is 1.48 bits per heavy atom. The lowest BCUT2D eigenvalue weighted by Crippen LogP contribution is -2.29. The minimum Gasteiger partial charge on any atom is -0.312 e. The Morgan fingerprint density at radius 2 is 2.14 bits per heavy atom. The van der Waals surface area contributed by atoms with Gasteiger partial charge in [0, 0.05) is 29.9 Å². The fraction of sp³-hybridized carbons (Fsp3) is 0.733. The van der Waals surface area contributed by atoms with Gasteiger partial charge in [0.2, 0.25) is 10.0 Å². The van der Waals surface area contributed by atoms with Gasteiger partial charge >= 0.3 is 0 Å². The number of nitrogens with one attached hydrogen (secondary N) is 1. The third kappa shape index (κ3) is 4.06. The molecule has 1 aliphatic rings. The molecule has 0 saturated heterocycles. The van der Waals surface area contributed by atoms with Crippen LogP contribution in [-0.4, -0.2) is 32.9 Å². The summed E-state index contributed by atoms with van der Waals surface area (Å²) in [6.45, 7) is 8.54. The maximum absolute atomic E-state index is 12.7. The highest BCUT2D eigenvalue weighted by atomic mass is 32.2. The van der Waals surface area contributed by atoms with Gasteiger partial charge in [-0.05, 0) is 44.2 Å². The van der Waals surface area contributed by atoms with E-state index in [-0.39, 0.29) is 0 Å². The van der Waals surface area contributed by atoms with Crippen LogP contribution in [0, 0.1) is 18.8 Å². The molecule has 1 fully saturated rings. The highest BCUT2D eigenvalue weighted by Gasteiger charge is 2.36. The summed E-state index contributed by atoms with van der Waals surface area (Å²) < 4.78 is 26.9. The molecular formula is C15H26N2O2S2. The number of thiophene rings is 1. The molecular weight excluding hydrogens is 304 g/mol. The van der Waals surface area contributed by atoms with E-state index >= 15 is 0 Å². The average Bonchev–Trinajstić information content (AvgIpc) is 2.96. The highest BCUT2D eigenvalue weighted by molar-refractivity contribution is 7.89. The Morgan fingerprint density at radius 3 is 2.71 bits per heavy atom. The summed E-state index contributed by atoms with van der Waals surface area (Å²) in [5.41, 5.74) is 0. The molecule has 1 aromatic rings. The summed E-state index contributed by atoms with van der Waals surface area (Å²) >= 11 is 1.58. The predicted octanol–water partition coefficient (Wildman–Crippen LogP) is 2.83. The second-order valence-electron chi connectivity index (χ2n) is 6.07. The molecule has 2 rings (SSSR count). The second-order valence-corrected chi connectivity index (χ2v) is 9.42. The lowest BCUT2D eigenvalue weighted by Gasteiger charge is -2.16. The number of rotatable bonds is 8. The smallest absolute Gasteiger partial charge is 0.243 e. The molecule has 1 saturated carbocycles. The van der Waals surface area contributed by atoms with Crippen molar-refractivity contribution >= 4 is 21.4 Å². The van der Waals surface area contributed by atoms with Crippen molar-refractivity contribution in [2.45, 2.75) is 45.1 Å². The van der Waals surface area contributed by atoms with Crippen LogP contribution in [0.15, 0.2) is 11.0 Å². The van der Waals surface area contributed by atoms with Crippen LogP contribution in [-0.2, 0) is 16.6 Å². The Labute approximate surface area is 132 Å². The number of sulfonamides is 1. The van der Waals surface area contributed by atoms with Gasteiger partial charge in [-0.2, -0.15) is 0 Å². The van der Waals surface area contributed by atoms with Crippen LogP contribution in [0.3, 0.4) is 0 Å². The van der Waals surface area contributed by atoms with Crippen molar-refractivity contribution in [3.63, 3.8) is 0 Å². The van der Waals surface area contributed by atoms with E-state index < -0.39 is 10.0 Å². The molecule has 4 nitrogen and oxygen atoms in total. The summed E-state index contributed by atoms with van der Waals surface area (Å²) in [6, 6.07) is 1.84. The number of nitrogens with zero attached hydrogens (tertiary/aromatic N) is 1. The molecule has 2 atom stereocenters. The summed E-state index contributed by atoms with van der Waals surface area (Å²) in [6.07, 6.45) is 2.23. The molecule has 6 heteroatoms. The van der Waals surface area contributed by atoms with Gasteiger partial charge in [-0.3, -0.25) is 0 Å². The summed E-state index contributed by atoms with van der Waals surface area (Å²) in [4.78, 5) is 2.46. The third-order valence-corrected chi connectivity index (χ3v) is 7.23. The fourth-order valence-corrected chi connectivity index (χ4v) is 5.30. The van der Waals surface area contributed by atoms with Crippen molar-refractivity contribution in [2.75, 3.05) is 20.1 Å². The van der Waals surface area contributed by atoms with Crippen molar-refractivity contribution in [1.29, 1.82) is 0 Å². The normalized spacial score (nSPS) is 22.0. The van der Waals surface area contributed by atoms with Crippen molar-refractivity contribution < 1.29 is 8.42 Å². The number of hydrogen-bond acceptors (Lipinski definition) is 4. The van der Waals surface area contributed by atoms with E-state index in [0.29, 0.717) is 23.3 Å². The topological polar surface area (TPSA) is 49.4 Å².